The maximum absolute atomic E-state index is 12.7. The zero-order valence-corrected chi connectivity index (χ0v) is 17.1. The lowest BCUT2D eigenvalue weighted by Crippen LogP contribution is -2.33. The fraction of sp³-hybridized carbons (Fsp3) is 0.500. The number of benzene rings is 1. The lowest BCUT2D eigenvalue weighted by molar-refractivity contribution is -0.0458. The van der Waals surface area contributed by atoms with E-state index in [4.69, 9.17) is 14.2 Å². The normalized spacial score (nSPS) is 21.4. The molecular weight excluding hydrogens is 380 g/mol. The number of nitrogens with one attached hydrogen (secondary N) is 1. The number of rotatable bonds is 5. The molecule has 0 saturated carbocycles. The topological polar surface area (TPSA) is 123 Å². The number of nitrogens with zero attached hydrogens (tertiary/aromatic N) is 1. The molecule has 0 spiro atoms. The van der Waals surface area contributed by atoms with E-state index in [1.54, 1.807) is 7.11 Å². The van der Waals surface area contributed by atoms with Crippen LogP contribution in [0.1, 0.15) is 29.3 Å². The van der Waals surface area contributed by atoms with Gasteiger partial charge in [-0.15, -0.1) is 0 Å². The molecule has 0 aliphatic carbocycles. The summed E-state index contributed by atoms with van der Waals surface area (Å²) >= 11 is 0. The molecule has 0 radical (unpaired) electrons. The Hall–Kier alpha value is -2.62. The van der Waals surface area contributed by atoms with Gasteiger partial charge in [0, 0.05) is 23.7 Å². The van der Waals surface area contributed by atoms with Gasteiger partial charge in [-0.2, -0.15) is 0 Å². The first-order chi connectivity index (χ1) is 13.7. The van der Waals surface area contributed by atoms with Crippen molar-refractivity contribution in [1.29, 1.82) is 0 Å². The van der Waals surface area contributed by atoms with Crippen LogP contribution in [0.15, 0.2) is 15.8 Å². The molecule has 1 aliphatic heterocycles. The molecule has 1 aromatic carbocycles. The van der Waals surface area contributed by atoms with Gasteiger partial charge in [0.05, 0.1) is 32.5 Å². The van der Waals surface area contributed by atoms with E-state index >= 15 is 0 Å². The van der Waals surface area contributed by atoms with Gasteiger partial charge in [0.1, 0.15) is 23.8 Å². The quantitative estimate of drug-likeness (QED) is 0.671. The van der Waals surface area contributed by atoms with Gasteiger partial charge >= 0.3 is 5.69 Å². The Kier molecular flexibility index (Phi) is 5.83. The molecule has 29 heavy (non-hydrogen) atoms. The molecule has 1 aliphatic rings. The predicted octanol–water partition coefficient (Wildman–Crippen LogP) is 0.787. The monoisotopic (exact) mass is 406 g/mol. The van der Waals surface area contributed by atoms with Crippen LogP contribution in [0.5, 0.6) is 11.5 Å². The standard InChI is InChI=1S/C20H26N2O7/c1-9-10(2)18(28-5)16(11(3)17(9)27-4)12-7-22(20(26)21-19(12)25)15-6-13(24)14(8-23)29-15/h7,13-15,23-24H,6,8H2,1-5H3,(H,21,25,26)/t13-,14+,15+/m0/s1. The Morgan fingerprint density at radius 2 is 1.76 bits per heavy atom. The second-order valence-electron chi connectivity index (χ2n) is 7.14. The van der Waals surface area contributed by atoms with Crippen molar-refractivity contribution in [3.8, 4) is 22.6 Å². The molecule has 3 N–H and O–H groups in total. The molecule has 1 fully saturated rings. The maximum Gasteiger partial charge on any atom is 0.330 e. The number of H-pyrrole nitrogens is 1. The number of aromatic nitrogens is 2. The molecule has 0 bridgehead atoms. The van der Waals surface area contributed by atoms with Crippen LogP contribution in [0.2, 0.25) is 0 Å². The van der Waals surface area contributed by atoms with E-state index < -0.39 is 29.7 Å². The Bertz CT molecular complexity index is 1040. The zero-order valence-electron chi connectivity index (χ0n) is 17.1. The van der Waals surface area contributed by atoms with Gasteiger partial charge in [0.15, 0.2) is 0 Å². The highest BCUT2D eigenvalue weighted by molar-refractivity contribution is 5.78. The number of aromatic amines is 1. The predicted molar refractivity (Wildman–Crippen MR) is 106 cm³/mol. The third-order valence-electron chi connectivity index (χ3n) is 5.53. The lowest BCUT2D eigenvalue weighted by atomic mass is 9.93. The number of hydrogen-bond acceptors (Lipinski definition) is 7. The molecule has 2 heterocycles. The number of ether oxygens (including phenoxy) is 3. The molecule has 9 heteroatoms. The van der Waals surface area contributed by atoms with Gasteiger partial charge in [-0.25, -0.2) is 4.79 Å². The molecule has 1 saturated heterocycles. The van der Waals surface area contributed by atoms with E-state index in [0.717, 1.165) is 11.1 Å². The largest absolute Gasteiger partial charge is 0.496 e. The first-order valence-electron chi connectivity index (χ1n) is 9.27. The highest BCUT2D eigenvalue weighted by Gasteiger charge is 2.35. The van der Waals surface area contributed by atoms with Gasteiger partial charge < -0.3 is 24.4 Å². The van der Waals surface area contributed by atoms with Crippen molar-refractivity contribution in [2.75, 3.05) is 20.8 Å². The summed E-state index contributed by atoms with van der Waals surface area (Å²) in [6.45, 7) is 5.22. The van der Waals surface area contributed by atoms with Crippen LogP contribution in [0.3, 0.4) is 0 Å². The van der Waals surface area contributed by atoms with E-state index in [2.05, 4.69) is 4.98 Å². The van der Waals surface area contributed by atoms with E-state index in [0.29, 0.717) is 22.6 Å². The average Bonchev–Trinajstić information content (AvgIpc) is 3.06. The summed E-state index contributed by atoms with van der Waals surface area (Å²) in [5, 5.41) is 19.3. The van der Waals surface area contributed by atoms with Crippen molar-refractivity contribution in [2.24, 2.45) is 0 Å². The summed E-state index contributed by atoms with van der Waals surface area (Å²) in [6.07, 6.45) is -1.00. The summed E-state index contributed by atoms with van der Waals surface area (Å²) in [7, 11) is 3.07. The van der Waals surface area contributed by atoms with Crippen molar-refractivity contribution >= 4 is 0 Å². The SMILES string of the molecule is COc1c(C)c(C)c(OC)c(-c2cn([C@H]3C[C@H](O)[C@@H](CO)O3)c(=O)[nH]c2=O)c1C. The lowest BCUT2D eigenvalue weighted by Gasteiger charge is -2.21. The molecular formula is C20H26N2O7. The Morgan fingerprint density at radius 1 is 1.14 bits per heavy atom. The van der Waals surface area contributed by atoms with E-state index in [1.807, 2.05) is 20.8 Å². The van der Waals surface area contributed by atoms with E-state index in [-0.39, 0.29) is 18.6 Å². The average molecular weight is 406 g/mol. The minimum atomic E-state index is -0.912. The van der Waals surface area contributed by atoms with Crippen molar-refractivity contribution < 1.29 is 24.4 Å². The molecule has 0 amide bonds. The van der Waals surface area contributed by atoms with Gasteiger partial charge in [0.2, 0.25) is 0 Å². The van der Waals surface area contributed by atoms with E-state index in [1.165, 1.54) is 17.9 Å². The summed E-state index contributed by atoms with van der Waals surface area (Å²) in [4.78, 5) is 27.4. The van der Waals surface area contributed by atoms with Crippen LogP contribution in [-0.2, 0) is 4.74 Å². The minimum Gasteiger partial charge on any atom is -0.496 e. The number of aliphatic hydroxyl groups is 2. The number of hydrogen-bond donors (Lipinski definition) is 3. The summed E-state index contributed by atoms with van der Waals surface area (Å²) in [6, 6.07) is 0. The van der Waals surface area contributed by atoms with Crippen LogP contribution in [0, 0.1) is 20.8 Å². The molecule has 9 nitrogen and oxygen atoms in total. The molecule has 1 aromatic heterocycles. The highest BCUT2D eigenvalue weighted by Crippen LogP contribution is 2.42. The molecule has 2 aromatic rings. The fourth-order valence-corrected chi connectivity index (χ4v) is 3.91. The second-order valence-corrected chi connectivity index (χ2v) is 7.14. The van der Waals surface area contributed by atoms with E-state index in [9.17, 15) is 19.8 Å². The Labute approximate surface area is 167 Å². The zero-order chi connectivity index (χ0) is 21.5. The van der Waals surface area contributed by atoms with Crippen molar-refractivity contribution in [2.45, 2.75) is 45.6 Å². The molecule has 0 unspecified atom stereocenters. The third kappa shape index (κ3) is 3.45. The Balaban J connectivity index is 2.25. The third-order valence-corrected chi connectivity index (χ3v) is 5.53. The smallest absolute Gasteiger partial charge is 0.330 e. The molecule has 158 valence electrons. The minimum absolute atomic E-state index is 0.114. The van der Waals surface area contributed by atoms with Crippen molar-refractivity contribution in [1.82, 2.24) is 9.55 Å². The first kappa shape index (κ1) is 21.1. The second kappa shape index (κ2) is 8.02. The van der Waals surface area contributed by atoms with Crippen LogP contribution in [-0.4, -0.2) is 52.8 Å². The van der Waals surface area contributed by atoms with Gasteiger partial charge in [-0.1, -0.05) is 0 Å². The fourth-order valence-electron chi connectivity index (χ4n) is 3.91. The Morgan fingerprint density at radius 3 is 2.31 bits per heavy atom. The van der Waals surface area contributed by atoms with Gasteiger partial charge in [-0.05, 0) is 31.9 Å². The highest BCUT2D eigenvalue weighted by atomic mass is 16.5. The maximum atomic E-state index is 12.7. The molecule has 3 atom stereocenters. The van der Waals surface area contributed by atoms with Gasteiger partial charge in [0.25, 0.3) is 5.56 Å². The van der Waals surface area contributed by atoms with Crippen LogP contribution >= 0.6 is 0 Å². The summed E-state index contributed by atoms with van der Waals surface area (Å²) in [5.41, 5.74) is 1.89. The van der Waals surface area contributed by atoms with Gasteiger partial charge in [-0.3, -0.25) is 14.3 Å². The van der Waals surface area contributed by atoms with Crippen LogP contribution < -0.4 is 20.7 Å². The van der Waals surface area contributed by atoms with Crippen molar-refractivity contribution in [3.05, 3.63) is 43.7 Å². The first-order valence-corrected chi connectivity index (χ1v) is 9.27. The molecule has 3 rings (SSSR count). The summed E-state index contributed by atoms with van der Waals surface area (Å²) in [5.74, 6) is 1.14. The van der Waals surface area contributed by atoms with Crippen LogP contribution in [0.25, 0.3) is 11.1 Å². The number of aliphatic hydroxyl groups excluding tert-OH is 2. The van der Waals surface area contributed by atoms with Crippen molar-refractivity contribution in [3.63, 3.8) is 0 Å². The summed E-state index contributed by atoms with van der Waals surface area (Å²) < 4.78 is 17.9. The number of methoxy groups -OCH3 is 2. The van der Waals surface area contributed by atoms with Crippen LogP contribution in [0.4, 0.5) is 0 Å².